The maximum atomic E-state index is 10.6. The number of carbonyl (C=O) groups is 1. The van der Waals surface area contributed by atoms with Gasteiger partial charge in [-0.1, -0.05) is 18.2 Å². The second kappa shape index (κ2) is 12.3. The van der Waals surface area contributed by atoms with Gasteiger partial charge in [0.15, 0.2) is 4.31 Å². The summed E-state index contributed by atoms with van der Waals surface area (Å²) in [7, 11) is -5.85. The van der Waals surface area contributed by atoms with Crippen LogP contribution in [0, 0.1) is 13.8 Å². The van der Waals surface area contributed by atoms with Crippen LogP contribution in [0.5, 0.6) is 0 Å². The molecule has 0 fully saturated rings. The molecule has 0 saturated carbocycles. The average Bonchev–Trinajstić information content (AvgIpc) is 2.32. The van der Waals surface area contributed by atoms with E-state index in [-0.39, 0.29) is 0 Å². The minimum Gasteiger partial charge on any atom is -0.478 e. The fraction of sp³-hybridized carbons (Fsp3) is 0.250. The van der Waals surface area contributed by atoms with Gasteiger partial charge in [0.05, 0.1) is 5.56 Å². The molecule has 0 aliphatic carbocycles. The van der Waals surface area contributed by atoms with Crippen LogP contribution >= 0.6 is 16.5 Å². The van der Waals surface area contributed by atoms with Crippen molar-refractivity contribution in [3.05, 3.63) is 47.5 Å². The van der Waals surface area contributed by atoms with E-state index in [1.807, 2.05) is 26.8 Å². The Kier molecular flexibility index (Phi) is 12.7. The molecule has 1 aromatic carbocycles. The summed E-state index contributed by atoms with van der Waals surface area (Å²) >= 11 is 0. The van der Waals surface area contributed by atoms with Crippen LogP contribution in [0.2, 0.25) is 0 Å². The molecule has 0 aromatic heterocycles. The topological polar surface area (TPSA) is 121 Å². The summed E-state index contributed by atoms with van der Waals surface area (Å²) < 4.78 is 22.2. The first-order valence-corrected chi connectivity index (χ1v) is 7.80. The summed E-state index contributed by atoms with van der Waals surface area (Å²) in [5.41, 5.74) is 2.26. The Morgan fingerprint density at radius 2 is 1.67 bits per heavy atom. The van der Waals surface area contributed by atoms with Crippen LogP contribution in [0.4, 0.5) is 0 Å². The van der Waals surface area contributed by atoms with E-state index in [4.69, 9.17) is 14.9 Å². The SMILES string of the molecule is C=CC.Cc1cccc(C(=O)O)c1C.O=[P+](O)O[P+](=O)O. The van der Waals surface area contributed by atoms with Gasteiger partial charge < -0.3 is 5.11 Å². The molecule has 0 heterocycles. The Morgan fingerprint density at radius 1 is 1.24 bits per heavy atom. The third kappa shape index (κ3) is 12.0. The quantitative estimate of drug-likeness (QED) is 0.570. The van der Waals surface area contributed by atoms with Gasteiger partial charge in [0, 0.05) is 9.13 Å². The van der Waals surface area contributed by atoms with Crippen molar-refractivity contribution in [2.45, 2.75) is 20.8 Å². The van der Waals surface area contributed by atoms with E-state index in [1.54, 1.807) is 18.2 Å². The molecular weight excluding hydrogens is 318 g/mol. The maximum absolute atomic E-state index is 10.6. The first kappa shape index (κ1) is 21.8. The van der Waals surface area contributed by atoms with Crippen molar-refractivity contribution in [2.24, 2.45) is 0 Å². The number of rotatable bonds is 3. The maximum Gasteiger partial charge on any atom is 0.745 e. The van der Waals surface area contributed by atoms with Gasteiger partial charge in [0.25, 0.3) is 0 Å². The minimum absolute atomic E-state index is 0.394. The van der Waals surface area contributed by atoms with E-state index in [1.165, 1.54) is 0 Å². The summed E-state index contributed by atoms with van der Waals surface area (Å²) in [4.78, 5) is 25.9. The number of hydrogen-bond acceptors (Lipinski definition) is 4. The molecule has 0 aliphatic rings. The Bertz CT molecular complexity index is 502. The molecule has 0 bridgehead atoms. The molecule has 0 saturated heterocycles. The van der Waals surface area contributed by atoms with Gasteiger partial charge in [-0.15, -0.1) is 16.4 Å². The molecule has 9 heteroatoms. The largest absolute Gasteiger partial charge is 0.745 e. The molecular formula is C12H18O7P2+2. The van der Waals surface area contributed by atoms with Gasteiger partial charge >= 0.3 is 22.5 Å². The monoisotopic (exact) mass is 336 g/mol. The lowest BCUT2D eigenvalue weighted by molar-refractivity contribution is 0.0696. The van der Waals surface area contributed by atoms with Crippen molar-refractivity contribution in [1.29, 1.82) is 0 Å². The van der Waals surface area contributed by atoms with Crippen LogP contribution < -0.4 is 0 Å². The van der Waals surface area contributed by atoms with E-state index < -0.39 is 22.5 Å². The Balaban J connectivity index is 0. The average molecular weight is 336 g/mol. The van der Waals surface area contributed by atoms with Gasteiger partial charge in [-0.05, 0) is 38.0 Å². The van der Waals surface area contributed by atoms with Gasteiger partial charge in [-0.2, -0.15) is 0 Å². The van der Waals surface area contributed by atoms with Gasteiger partial charge in [-0.3, -0.25) is 0 Å². The zero-order chi connectivity index (χ0) is 17.0. The van der Waals surface area contributed by atoms with Crippen molar-refractivity contribution in [2.75, 3.05) is 0 Å². The highest BCUT2D eigenvalue weighted by Crippen LogP contribution is 2.30. The van der Waals surface area contributed by atoms with Crippen molar-refractivity contribution in [1.82, 2.24) is 0 Å². The van der Waals surface area contributed by atoms with Crippen LogP contribution in [-0.4, -0.2) is 20.9 Å². The summed E-state index contributed by atoms with van der Waals surface area (Å²) in [6, 6.07) is 5.28. The summed E-state index contributed by atoms with van der Waals surface area (Å²) in [6.07, 6.45) is 1.75. The standard InChI is InChI=1S/C9H10O2.C3H6.O5P2/c1-6-4-3-5-8(7(6)2)9(10)11;1-3-2;1-6(2)5-7(3)4/h3-5H,1-2H3,(H,10,11);3H,1H2,2H3;/p+2. The van der Waals surface area contributed by atoms with E-state index in [0.717, 1.165) is 11.1 Å². The number of aromatic carboxylic acids is 1. The molecule has 1 rings (SSSR count). The molecule has 2 atom stereocenters. The predicted octanol–water partition coefficient (Wildman–Crippen LogP) is 3.50. The molecule has 0 amide bonds. The molecule has 0 spiro atoms. The number of allylic oxidation sites excluding steroid dienone is 1. The Labute approximate surface area is 124 Å². The Morgan fingerprint density at radius 3 is 1.90 bits per heavy atom. The van der Waals surface area contributed by atoms with E-state index in [0.29, 0.717) is 5.56 Å². The highest BCUT2D eigenvalue weighted by atomic mass is 31.2. The minimum atomic E-state index is -2.92. The van der Waals surface area contributed by atoms with Crippen LogP contribution in [0.3, 0.4) is 0 Å². The van der Waals surface area contributed by atoms with Crippen LogP contribution in [0.25, 0.3) is 0 Å². The van der Waals surface area contributed by atoms with E-state index in [9.17, 15) is 13.9 Å². The normalized spacial score (nSPS) is 10.1. The zero-order valence-corrected chi connectivity index (χ0v) is 13.7. The third-order valence-electron chi connectivity index (χ3n) is 1.97. The lowest BCUT2D eigenvalue weighted by Gasteiger charge is -2.02. The van der Waals surface area contributed by atoms with E-state index >= 15 is 0 Å². The van der Waals surface area contributed by atoms with Crippen LogP contribution in [-0.2, 0) is 13.4 Å². The van der Waals surface area contributed by atoms with Gasteiger partial charge in [-0.25, -0.2) is 4.79 Å². The summed E-state index contributed by atoms with van der Waals surface area (Å²) in [6.45, 7) is 8.97. The highest BCUT2D eigenvalue weighted by Gasteiger charge is 2.31. The fourth-order valence-corrected chi connectivity index (χ4v) is 1.52. The number of carboxylic acid groups (broad SMARTS) is 1. The first-order valence-electron chi connectivity index (χ1n) is 5.54. The molecule has 21 heavy (non-hydrogen) atoms. The molecule has 2 unspecified atom stereocenters. The zero-order valence-electron chi connectivity index (χ0n) is 11.9. The number of carboxylic acids is 1. The predicted molar refractivity (Wildman–Crippen MR) is 79.5 cm³/mol. The first-order chi connectivity index (χ1) is 9.67. The third-order valence-corrected chi connectivity index (χ3v) is 3.09. The number of benzene rings is 1. The molecule has 1 aromatic rings. The van der Waals surface area contributed by atoms with Crippen molar-refractivity contribution >= 4 is 22.5 Å². The van der Waals surface area contributed by atoms with E-state index in [2.05, 4.69) is 10.9 Å². The highest BCUT2D eigenvalue weighted by molar-refractivity contribution is 7.46. The van der Waals surface area contributed by atoms with Crippen molar-refractivity contribution < 1.29 is 33.1 Å². The van der Waals surface area contributed by atoms with Crippen LogP contribution in [0.15, 0.2) is 30.9 Å². The van der Waals surface area contributed by atoms with Crippen LogP contribution in [0.1, 0.15) is 28.4 Å². The smallest absolute Gasteiger partial charge is 0.478 e. The Hall–Kier alpha value is -1.49. The molecule has 116 valence electrons. The second-order valence-corrected chi connectivity index (χ2v) is 5.12. The number of hydrogen-bond donors (Lipinski definition) is 3. The molecule has 3 N–H and O–H groups in total. The van der Waals surface area contributed by atoms with Crippen molar-refractivity contribution in [3.8, 4) is 0 Å². The molecule has 0 radical (unpaired) electrons. The lowest BCUT2D eigenvalue weighted by Crippen LogP contribution is -2.00. The second-order valence-electron chi connectivity index (χ2n) is 3.52. The van der Waals surface area contributed by atoms with Gasteiger partial charge in [0.2, 0.25) is 0 Å². The van der Waals surface area contributed by atoms with Crippen molar-refractivity contribution in [3.63, 3.8) is 0 Å². The molecule has 0 aliphatic heterocycles. The molecule has 7 nitrogen and oxygen atoms in total. The number of aryl methyl sites for hydroxylation is 1. The van der Waals surface area contributed by atoms with Gasteiger partial charge in [0.1, 0.15) is 0 Å². The summed E-state index contributed by atoms with van der Waals surface area (Å²) in [5, 5.41) is 8.69. The summed E-state index contributed by atoms with van der Waals surface area (Å²) in [5.74, 6) is -0.855. The fourth-order valence-electron chi connectivity index (χ4n) is 1.04. The lowest BCUT2D eigenvalue weighted by atomic mass is 10.0.